The summed E-state index contributed by atoms with van der Waals surface area (Å²) in [6.07, 6.45) is 7.70. The van der Waals surface area contributed by atoms with Gasteiger partial charge >= 0.3 is 0 Å². The number of carbonyl (C=O) groups is 2. The Balaban J connectivity index is 1.56. The number of nitrogens with one attached hydrogen (secondary N) is 2. The maximum atomic E-state index is 12.8. The van der Waals surface area contributed by atoms with Gasteiger partial charge in [0.2, 0.25) is 0 Å². The summed E-state index contributed by atoms with van der Waals surface area (Å²) in [6.45, 7) is 0.392. The zero-order valence-electron chi connectivity index (χ0n) is 14.0. The second kappa shape index (κ2) is 7.13. The highest BCUT2D eigenvalue weighted by Gasteiger charge is 2.27. The monoisotopic (exact) mass is 367 g/mol. The van der Waals surface area contributed by atoms with E-state index in [1.807, 2.05) is 12.1 Å². The van der Waals surface area contributed by atoms with E-state index in [0.29, 0.717) is 17.1 Å². The van der Waals surface area contributed by atoms with Gasteiger partial charge in [-0.15, -0.1) is 11.3 Å². The summed E-state index contributed by atoms with van der Waals surface area (Å²) in [7, 11) is 0. The first kappa shape index (κ1) is 16.5. The molecule has 1 aliphatic carbocycles. The predicted octanol–water partition coefficient (Wildman–Crippen LogP) is 3.41. The van der Waals surface area contributed by atoms with E-state index in [1.165, 1.54) is 22.5 Å². The zero-order valence-corrected chi connectivity index (χ0v) is 14.8. The number of amides is 2. The van der Waals surface area contributed by atoms with Gasteiger partial charge < -0.3 is 15.1 Å². The molecule has 2 amide bonds. The molecule has 6 nitrogen and oxygen atoms in total. The lowest BCUT2D eigenvalue weighted by molar-refractivity contribution is 0.0951. The molecule has 7 heteroatoms. The lowest BCUT2D eigenvalue weighted by Crippen LogP contribution is -2.25. The van der Waals surface area contributed by atoms with E-state index in [0.717, 1.165) is 30.4 Å². The number of hydrogen-bond donors (Lipinski definition) is 2. The molecule has 0 aromatic carbocycles. The van der Waals surface area contributed by atoms with Crippen molar-refractivity contribution in [1.82, 2.24) is 10.3 Å². The third kappa shape index (κ3) is 3.25. The smallest absolute Gasteiger partial charge is 0.291 e. The van der Waals surface area contributed by atoms with Crippen molar-refractivity contribution in [3.63, 3.8) is 0 Å². The molecule has 3 aromatic rings. The molecule has 2 N–H and O–H groups in total. The van der Waals surface area contributed by atoms with Crippen LogP contribution in [-0.2, 0) is 19.4 Å². The maximum Gasteiger partial charge on any atom is 0.291 e. The lowest BCUT2D eigenvalue weighted by atomic mass is 10.1. The van der Waals surface area contributed by atoms with Crippen molar-refractivity contribution in [3.8, 4) is 0 Å². The summed E-state index contributed by atoms with van der Waals surface area (Å²) < 4.78 is 5.14. The number of aromatic nitrogens is 1. The number of rotatable bonds is 5. The maximum absolute atomic E-state index is 12.8. The fraction of sp³-hybridized carbons (Fsp3) is 0.211. The van der Waals surface area contributed by atoms with Crippen molar-refractivity contribution in [2.75, 3.05) is 5.32 Å². The first-order chi connectivity index (χ1) is 12.7. The van der Waals surface area contributed by atoms with Crippen LogP contribution in [0.25, 0.3) is 0 Å². The predicted molar refractivity (Wildman–Crippen MR) is 98.4 cm³/mol. The number of anilines is 1. The molecule has 132 valence electrons. The van der Waals surface area contributed by atoms with E-state index in [4.69, 9.17) is 4.42 Å². The molecule has 0 fully saturated rings. The minimum Gasteiger partial charge on any atom is -0.459 e. The summed E-state index contributed by atoms with van der Waals surface area (Å²) in [5.41, 5.74) is 2.55. The van der Waals surface area contributed by atoms with Crippen LogP contribution in [0.5, 0.6) is 0 Å². The molecule has 0 spiro atoms. The quantitative estimate of drug-likeness (QED) is 0.724. The van der Waals surface area contributed by atoms with Gasteiger partial charge in [0.1, 0.15) is 5.00 Å². The highest BCUT2D eigenvalue weighted by molar-refractivity contribution is 7.17. The third-order valence-corrected chi connectivity index (χ3v) is 5.50. The molecule has 0 aliphatic heterocycles. The summed E-state index contributed by atoms with van der Waals surface area (Å²) in [4.78, 5) is 30.4. The SMILES string of the molecule is O=C(Nc1sc2c(c1C(=O)NCc1cccnc1)CCC2)c1ccco1. The summed E-state index contributed by atoms with van der Waals surface area (Å²) in [5, 5.41) is 6.35. The van der Waals surface area contributed by atoms with E-state index in [1.54, 1.807) is 24.5 Å². The fourth-order valence-electron chi connectivity index (χ4n) is 3.08. The van der Waals surface area contributed by atoms with Crippen LogP contribution in [0.4, 0.5) is 5.00 Å². The number of carbonyl (C=O) groups excluding carboxylic acids is 2. The van der Waals surface area contributed by atoms with Crippen molar-refractivity contribution < 1.29 is 14.0 Å². The Kier molecular flexibility index (Phi) is 4.53. The van der Waals surface area contributed by atoms with Crippen molar-refractivity contribution in [2.45, 2.75) is 25.8 Å². The van der Waals surface area contributed by atoms with E-state index in [9.17, 15) is 9.59 Å². The fourth-order valence-corrected chi connectivity index (χ4v) is 4.36. The molecule has 0 unspecified atom stereocenters. The minimum absolute atomic E-state index is 0.178. The molecule has 26 heavy (non-hydrogen) atoms. The van der Waals surface area contributed by atoms with Gasteiger partial charge in [-0.05, 0) is 48.6 Å². The number of aryl methyl sites for hydroxylation is 1. The second-order valence-electron chi connectivity index (χ2n) is 6.04. The van der Waals surface area contributed by atoms with Crippen LogP contribution in [-0.4, -0.2) is 16.8 Å². The van der Waals surface area contributed by atoms with Gasteiger partial charge in [-0.1, -0.05) is 6.07 Å². The van der Waals surface area contributed by atoms with Crippen LogP contribution in [0, 0.1) is 0 Å². The van der Waals surface area contributed by atoms with Crippen LogP contribution < -0.4 is 10.6 Å². The molecule has 4 rings (SSSR count). The number of pyridine rings is 1. The summed E-state index contributed by atoms with van der Waals surface area (Å²) in [5.74, 6) is -0.306. The molecular weight excluding hydrogens is 350 g/mol. The minimum atomic E-state index is -0.351. The number of furan rings is 1. The molecule has 0 saturated carbocycles. The molecule has 0 bridgehead atoms. The number of fused-ring (bicyclic) bond motifs is 1. The summed E-state index contributed by atoms with van der Waals surface area (Å²) >= 11 is 1.48. The van der Waals surface area contributed by atoms with Crippen molar-refractivity contribution >= 4 is 28.2 Å². The standard InChI is InChI=1S/C19H17N3O3S/c23-17(14-6-3-9-25-14)22-19-16(13-5-1-7-15(13)26-19)18(24)21-11-12-4-2-8-20-10-12/h2-4,6,8-10H,1,5,7,11H2,(H,21,24)(H,22,23). The molecule has 0 radical (unpaired) electrons. The van der Waals surface area contributed by atoms with Gasteiger partial charge in [0.15, 0.2) is 5.76 Å². The molecule has 3 heterocycles. The zero-order chi connectivity index (χ0) is 17.9. The van der Waals surface area contributed by atoms with E-state index in [-0.39, 0.29) is 17.6 Å². The third-order valence-electron chi connectivity index (χ3n) is 4.30. The highest BCUT2D eigenvalue weighted by atomic mass is 32.1. The lowest BCUT2D eigenvalue weighted by Gasteiger charge is -2.09. The topological polar surface area (TPSA) is 84.2 Å². The number of nitrogens with zero attached hydrogens (tertiary/aromatic N) is 1. The van der Waals surface area contributed by atoms with Gasteiger partial charge in [0.25, 0.3) is 11.8 Å². The molecule has 0 atom stereocenters. The second-order valence-corrected chi connectivity index (χ2v) is 7.14. The van der Waals surface area contributed by atoms with E-state index in [2.05, 4.69) is 15.6 Å². The van der Waals surface area contributed by atoms with Gasteiger partial charge in [-0.25, -0.2) is 0 Å². The number of hydrogen-bond acceptors (Lipinski definition) is 5. The van der Waals surface area contributed by atoms with Crippen molar-refractivity contribution in [3.05, 3.63) is 70.3 Å². The molecule has 0 saturated heterocycles. The van der Waals surface area contributed by atoms with Gasteiger partial charge in [0, 0.05) is 23.8 Å². The Bertz CT molecular complexity index is 933. The van der Waals surface area contributed by atoms with Gasteiger partial charge in [-0.2, -0.15) is 0 Å². The van der Waals surface area contributed by atoms with Gasteiger partial charge in [-0.3, -0.25) is 14.6 Å². The Morgan fingerprint density at radius 1 is 1.19 bits per heavy atom. The Labute approximate surface area is 154 Å². The normalized spacial score (nSPS) is 12.6. The Hall–Kier alpha value is -2.93. The molecule has 3 aromatic heterocycles. The first-order valence-corrected chi connectivity index (χ1v) is 9.20. The molecule has 1 aliphatic rings. The van der Waals surface area contributed by atoms with Crippen LogP contribution in [0.1, 0.15) is 43.3 Å². The van der Waals surface area contributed by atoms with Crippen molar-refractivity contribution in [1.29, 1.82) is 0 Å². The highest BCUT2D eigenvalue weighted by Crippen LogP contribution is 2.39. The summed E-state index contributed by atoms with van der Waals surface area (Å²) in [6, 6.07) is 6.99. The van der Waals surface area contributed by atoms with Crippen molar-refractivity contribution in [2.24, 2.45) is 0 Å². The van der Waals surface area contributed by atoms with Crippen LogP contribution in [0.2, 0.25) is 0 Å². The first-order valence-electron chi connectivity index (χ1n) is 8.39. The van der Waals surface area contributed by atoms with Crippen LogP contribution in [0.15, 0.2) is 47.3 Å². The molecular formula is C19H17N3O3S. The number of thiophene rings is 1. The van der Waals surface area contributed by atoms with Crippen LogP contribution >= 0.6 is 11.3 Å². The Morgan fingerprint density at radius 2 is 2.12 bits per heavy atom. The average molecular weight is 367 g/mol. The largest absolute Gasteiger partial charge is 0.459 e. The van der Waals surface area contributed by atoms with E-state index < -0.39 is 0 Å². The van der Waals surface area contributed by atoms with Gasteiger partial charge in [0.05, 0.1) is 11.8 Å². The average Bonchev–Trinajstić information content (AvgIpc) is 3.37. The van der Waals surface area contributed by atoms with Crippen LogP contribution in [0.3, 0.4) is 0 Å². The van der Waals surface area contributed by atoms with E-state index >= 15 is 0 Å². The Morgan fingerprint density at radius 3 is 2.88 bits per heavy atom.